The van der Waals surface area contributed by atoms with Crippen molar-refractivity contribution >= 4 is 41.1 Å². The minimum absolute atomic E-state index is 0.0683. The van der Waals surface area contributed by atoms with E-state index in [9.17, 15) is 9.59 Å². The number of hydrogen-bond acceptors (Lipinski definition) is 3. The Hall–Kier alpha value is -1.40. The van der Waals surface area contributed by atoms with Crippen LogP contribution in [0.5, 0.6) is 0 Å². The molecule has 5 nitrogen and oxygen atoms in total. The Labute approximate surface area is 114 Å². The fraction of sp³-hybridized carbons (Fsp3) is 0.273. The summed E-state index contributed by atoms with van der Waals surface area (Å²) < 4.78 is 0. The zero-order valence-electron chi connectivity index (χ0n) is 9.70. The molecule has 0 bridgehead atoms. The Balaban J connectivity index is 2.68. The number of urea groups is 1. The molecule has 1 aromatic rings. The van der Waals surface area contributed by atoms with E-state index in [4.69, 9.17) is 16.7 Å². The Morgan fingerprint density at radius 2 is 2.17 bits per heavy atom. The number of anilines is 1. The highest BCUT2D eigenvalue weighted by atomic mass is 35.5. The Morgan fingerprint density at radius 3 is 2.78 bits per heavy atom. The maximum atomic E-state index is 11.5. The van der Waals surface area contributed by atoms with Crippen molar-refractivity contribution in [1.29, 1.82) is 0 Å². The number of benzene rings is 1. The monoisotopic (exact) mass is 288 g/mol. The van der Waals surface area contributed by atoms with Gasteiger partial charge in [-0.2, -0.15) is 11.8 Å². The summed E-state index contributed by atoms with van der Waals surface area (Å²) in [6.07, 6.45) is 1.94. The maximum Gasteiger partial charge on any atom is 0.335 e. The van der Waals surface area contributed by atoms with Crippen LogP contribution in [0.3, 0.4) is 0 Å². The lowest BCUT2D eigenvalue weighted by Gasteiger charge is -2.09. The van der Waals surface area contributed by atoms with E-state index in [1.54, 1.807) is 11.8 Å². The van der Waals surface area contributed by atoms with E-state index in [1.807, 2.05) is 6.26 Å². The van der Waals surface area contributed by atoms with Crippen molar-refractivity contribution in [1.82, 2.24) is 5.32 Å². The molecule has 0 aliphatic heterocycles. The molecule has 1 rings (SSSR count). The van der Waals surface area contributed by atoms with Crippen molar-refractivity contribution in [2.75, 3.05) is 23.9 Å². The number of aromatic carboxylic acids is 1. The first-order chi connectivity index (χ1) is 8.54. The van der Waals surface area contributed by atoms with Crippen molar-refractivity contribution in [3.63, 3.8) is 0 Å². The van der Waals surface area contributed by atoms with Crippen LogP contribution in [0, 0.1) is 0 Å². The van der Waals surface area contributed by atoms with Crippen LogP contribution in [0.15, 0.2) is 18.2 Å². The lowest BCUT2D eigenvalue weighted by Crippen LogP contribution is -2.30. The molecule has 0 saturated heterocycles. The molecule has 2 amide bonds. The molecule has 7 heteroatoms. The van der Waals surface area contributed by atoms with Crippen LogP contribution in [-0.2, 0) is 0 Å². The van der Waals surface area contributed by atoms with Crippen LogP contribution in [0.4, 0.5) is 10.5 Å². The van der Waals surface area contributed by atoms with Gasteiger partial charge in [-0.25, -0.2) is 9.59 Å². The number of rotatable bonds is 5. The van der Waals surface area contributed by atoms with E-state index < -0.39 is 12.0 Å². The number of carboxylic acids is 1. The van der Waals surface area contributed by atoms with Gasteiger partial charge >= 0.3 is 12.0 Å². The van der Waals surface area contributed by atoms with Gasteiger partial charge in [-0.15, -0.1) is 0 Å². The summed E-state index contributed by atoms with van der Waals surface area (Å²) in [5.74, 6) is -0.270. The second-order valence-electron chi connectivity index (χ2n) is 3.37. The number of hydrogen-bond donors (Lipinski definition) is 3. The zero-order chi connectivity index (χ0) is 13.5. The zero-order valence-corrected chi connectivity index (χ0v) is 11.3. The van der Waals surface area contributed by atoms with Crippen molar-refractivity contribution < 1.29 is 14.7 Å². The van der Waals surface area contributed by atoms with Gasteiger partial charge in [0.05, 0.1) is 16.3 Å². The first kappa shape index (κ1) is 14.7. The quantitative estimate of drug-likeness (QED) is 0.728. The molecule has 0 aromatic heterocycles. The number of carbonyl (C=O) groups excluding carboxylic acids is 1. The van der Waals surface area contributed by atoms with Gasteiger partial charge in [0, 0.05) is 12.3 Å². The molecular weight excluding hydrogens is 276 g/mol. The van der Waals surface area contributed by atoms with Gasteiger partial charge in [0.25, 0.3) is 0 Å². The third kappa shape index (κ3) is 4.46. The molecule has 0 radical (unpaired) electrons. The molecule has 0 fully saturated rings. The standard InChI is InChI=1S/C11H13ClN2O3S/c1-18-5-4-13-11(17)14-9-6-7(10(15)16)2-3-8(9)12/h2-3,6H,4-5H2,1H3,(H,15,16)(H2,13,14,17). The molecule has 0 unspecified atom stereocenters. The van der Waals surface area contributed by atoms with Gasteiger partial charge in [0.15, 0.2) is 0 Å². The molecule has 0 heterocycles. The van der Waals surface area contributed by atoms with E-state index in [0.29, 0.717) is 11.6 Å². The number of halogens is 1. The number of carboxylic acid groups (broad SMARTS) is 1. The SMILES string of the molecule is CSCCNC(=O)Nc1cc(C(=O)O)ccc1Cl. The highest BCUT2D eigenvalue weighted by Gasteiger charge is 2.09. The summed E-state index contributed by atoms with van der Waals surface area (Å²) in [5, 5.41) is 14.3. The lowest BCUT2D eigenvalue weighted by molar-refractivity contribution is 0.0697. The van der Waals surface area contributed by atoms with Crippen LogP contribution < -0.4 is 10.6 Å². The van der Waals surface area contributed by atoms with Crippen LogP contribution in [-0.4, -0.2) is 35.7 Å². The smallest absolute Gasteiger partial charge is 0.335 e. The molecule has 98 valence electrons. The highest BCUT2D eigenvalue weighted by molar-refractivity contribution is 7.98. The van der Waals surface area contributed by atoms with Crippen molar-refractivity contribution in [3.8, 4) is 0 Å². The van der Waals surface area contributed by atoms with Gasteiger partial charge in [0.2, 0.25) is 0 Å². The third-order valence-electron chi connectivity index (χ3n) is 2.05. The molecule has 0 aliphatic rings. The molecule has 0 aliphatic carbocycles. The predicted octanol–water partition coefficient (Wildman–Crippen LogP) is 2.52. The molecule has 1 aromatic carbocycles. The van der Waals surface area contributed by atoms with E-state index in [2.05, 4.69) is 10.6 Å². The summed E-state index contributed by atoms with van der Waals surface area (Å²) in [5.41, 5.74) is 0.344. The van der Waals surface area contributed by atoms with Gasteiger partial charge < -0.3 is 15.7 Å². The Bertz CT molecular complexity index is 454. The summed E-state index contributed by atoms with van der Waals surface area (Å²) in [6, 6.07) is 3.72. The average molecular weight is 289 g/mol. The lowest BCUT2D eigenvalue weighted by atomic mass is 10.2. The third-order valence-corrected chi connectivity index (χ3v) is 3.00. The van der Waals surface area contributed by atoms with Crippen LogP contribution in [0.2, 0.25) is 5.02 Å². The fourth-order valence-electron chi connectivity index (χ4n) is 1.19. The Kier molecular flexibility index (Phi) is 5.80. The number of nitrogens with one attached hydrogen (secondary N) is 2. The average Bonchev–Trinajstić information content (AvgIpc) is 2.32. The predicted molar refractivity (Wildman–Crippen MR) is 73.8 cm³/mol. The van der Waals surface area contributed by atoms with Gasteiger partial charge in [-0.1, -0.05) is 11.6 Å². The number of carbonyl (C=O) groups is 2. The maximum absolute atomic E-state index is 11.5. The minimum atomic E-state index is -1.07. The second kappa shape index (κ2) is 7.13. The van der Waals surface area contributed by atoms with Crippen LogP contribution in [0.1, 0.15) is 10.4 Å². The number of thioether (sulfide) groups is 1. The van der Waals surface area contributed by atoms with Crippen LogP contribution >= 0.6 is 23.4 Å². The summed E-state index contributed by atoms with van der Waals surface area (Å²) in [7, 11) is 0. The second-order valence-corrected chi connectivity index (χ2v) is 4.77. The topological polar surface area (TPSA) is 78.4 Å². The molecule has 3 N–H and O–H groups in total. The van der Waals surface area contributed by atoms with E-state index in [0.717, 1.165) is 5.75 Å². The molecule has 0 atom stereocenters. The molecule has 18 heavy (non-hydrogen) atoms. The van der Waals surface area contributed by atoms with E-state index in [1.165, 1.54) is 18.2 Å². The summed E-state index contributed by atoms with van der Waals surface area (Å²) in [6.45, 7) is 0.531. The van der Waals surface area contributed by atoms with Crippen molar-refractivity contribution in [2.24, 2.45) is 0 Å². The largest absolute Gasteiger partial charge is 0.478 e. The van der Waals surface area contributed by atoms with E-state index >= 15 is 0 Å². The van der Waals surface area contributed by atoms with Crippen molar-refractivity contribution in [2.45, 2.75) is 0 Å². The van der Waals surface area contributed by atoms with Gasteiger partial charge in [-0.3, -0.25) is 0 Å². The highest BCUT2D eigenvalue weighted by Crippen LogP contribution is 2.22. The Morgan fingerprint density at radius 1 is 1.44 bits per heavy atom. The van der Waals surface area contributed by atoms with Crippen molar-refractivity contribution in [3.05, 3.63) is 28.8 Å². The van der Waals surface area contributed by atoms with E-state index in [-0.39, 0.29) is 11.3 Å². The molecule has 0 saturated carbocycles. The first-order valence-electron chi connectivity index (χ1n) is 5.11. The van der Waals surface area contributed by atoms with Crippen LogP contribution in [0.25, 0.3) is 0 Å². The minimum Gasteiger partial charge on any atom is -0.478 e. The normalized spacial score (nSPS) is 9.89. The summed E-state index contributed by atoms with van der Waals surface area (Å²) >= 11 is 7.48. The first-order valence-corrected chi connectivity index (χ1v) is 6.88. The molecule has 0 spiro atoms. The molecular formula is C11H13ClN2O3S. The van der Waals surface area contributed by atoms with Gasteiger partial charge in [0.1, 0.15) is 0 Å². The van der Waals surface area contributed by atoms with Gasteiger partial charge in [-0.05, 0) is 24.5 Å². The summed E-state index contributed by atoms with van der Waals surface area (Å²) in [4.78, 5) is 22.3. The fourth-order valence-corrected chi connectivity index (χ4v) is 1.66. The number of amides is 2.